The zero-order valence-corrected chi connectivity index (χ0v) is 17.1. The highest BCUT2D eigenvalue weighted by molar-refractivity contribution is 5.89. The molecule has 0 spiro atoms. The van der Waals surface area contributed by atoms with Gasteiger partial charge >= 0.3 is 0 Å². The van der Waals surface area contributed by atoms with Gasteiger partial charge in [-0.2, -0.15) is 0 Å². The van der Waals surface area contributed by atoms with Crippen LogP contribution < -0.4 is 10.1 Å². The monoisotopic (exact) mass is 393 g/mol. The Labute approximate surface area is 170 Å². The normalized spacial score (nSPS) is 11.8. The number of carbonyl (C=O) groups is 2. The largest absolute Gasteiger partial charge is 0.494 e. The van der Waals surface area contributed by atoms with Crippen LogP contribution in [0, 0.1) is 0 Å². The highest BCUT2D eigenvalue weighted by Crippen LogP contribution is 2.22. The lowest BCUT2D eigenvalue weighted by atomic mass is 10.0. The number of para-hydroxylation sites is 2. The van der Waals surface area contributed by atoms with Gasteiger partial charge in [0.1, 0.15) is 11.8 Å². The van der Waals surface area contributed by atoms with Gasteiger partial charge in [0, 0.05) is 49.6 Å². The van der Waals surface area contributed by atoms with Crippen LogP contribution >= 0.6 is 0 Å². The van der Waals surface area contributed by atoms with Gasteiger partial charge in [-0.15, -0.1) is 0 Å². The number of amides is 2. The number of nitrogens with zero attached hydrogens (tertiary/aromatic N) is 1. The highest BCUT2D eigenvalue weighted by atomic mass is 16.5. The summed E-state index contributed by atoms with van der Waals surface area (Å²) in [6.45, 7) is 4.32. The number of rotatable bonds is 8. The molecule has 1 unspecified atom stereocenters. The zero-order valence-electron chi connectivity index (χ0n) is 17.1. The molecule has 3 rings (SSSR count). The Morgan fingerprint density at radius 2 is 1.83 bits per heavy atom. The van der Waals surface area contributed by atoms with Crippen molar-refractivity contribution in [3.63, 3.8) is 0 Å². The van der Waals surface area contributed by atoms with Gasteiger partial charge in [-0.3, -0.25) is 9.59 Å². The Balaban J connectivity index is 1.79. The van der Waals surface area contributed by atoms with E-state index in [2.05, 4.69) is 10.3 Å². The molecule has 1 atom stereocenters. The number of carbonyl (C=O) groups excluding carboxylic acids is 2. The zero-order chi connectivity index (χ0) is 20.8. The lowest BCUT2D eigenvalue weighted by Crippen LogP contribution is -2.47. The van der Waals surface area contributed by atoms with Crippen LogP contribution in [0.4, 0.5) is 0 Å². The molecule has 29 heavy (non-hydrogen) atoms. The second-order valence-corrected chi connectivity index (χ2v) is 7.05. The van der Waals surface area contributed by atoms with Gasteiger partial charge in [0.25, 0.3) is 0 Å². The van der Waals surface area contributed by atoms with E-state index in [9.17, 15) is 9.59 Å². The van der Waals surface area contributed by atoms with Crippen molar-refractivity contribution < 1.29 is 14.3 Å². The number of benzene rings is 2. The fourth-order valence-electron chi connectivity index (χ4n) is 3.50. The molecule has 2 amide bonds. The number of ether oxygens (including phenoxy) is 1. The van der Waals surface area contributed by atoms with Gasteiger partial charge in [0.15, 0.2) is 0 Å². The first-order valence-corrected chi connectivity index (χ1v) is 9.77. The van der Waals surface area contributed by atoms with Crippen LogP contribution in [-0.2, 0) is 22.6 Å². The van der Waals surface area contributed by atoms with E-state index in [1.54, 1.807) is 11.9 Å². The summed E-state index contributed by atoms with van der Waals surface area (Å²) in [7, 11) is 1.75. The summed E-state index contributed by atoms with van der Waals surface area (Å²) in [5.41, 5.74) is 2.94. The molecule has 1 heterocycles. The Bertz CT molecular complexity index is 996. The molecule has 0 saturated heterocycles. The third-order valence-corrected chi connectivity index (χ3v) is 4.83. The maximum Gasteiger partial charge on any atom is 0.245 e. The van der Waals surface area contributed by atoms with E-state index in [4.69, 9.17) is 4.74 Å². The fraction of sp³-hybridized carbons (Fsp3) is 0.304. The average molecular weight is 393 g/mol. The summed E-state index contributed by atoms with van der Waals surface area (Å²) in [6, 6.07) is 15.0. The van der Waals surface area contributed by atoms with Crippen LogP contribution in [0.25, 0.3) is 10.9 Å². The van der Waals surface area contributed by atoms with Crippen LogP contribution in [0.1, 0.15) is 25.0 Å². The van der Waals surface area contributed by atoms with Gasteiger partial charge in [-0.25, -0.2) is 0 Å². The molecular weight excluding hydrogens is 366 g/mol. The first-order chi connectivity index (χ1) is 14.0. The number of hydrogen-bond acceptors (Lipinski definition) is 3. The number of aromatic amines is 1. The number of fused-ring (bicyclic) bond motifs is 1. The van der Waals surface area contributed by atoms with Crippen molar-refractivity contribution in [1.82, 2.24) is 15.2 Å². The van der Waals surface area contributed by atoms with Crippen LogP contribution in [0.2, 0.25) is 0 Å². The van der Waals surface area contributed by atoms with E-state index in [1.807, 2.05) is 61.7 Å². The van der Waals surface area contributed by atoms with E-state index in [1.165, 1.54) is 6.92 Å². The van der Waals surface area contributed by atoms with E-state index in [0.717, 1.165) is 27.8 Å². The lowest BCUT2D eigenvalue weighted by Gasteiger charge is -2.25. The molecule has 0 radical (unpaired) electrons. The molecular formula is C23H27N3O3. The molecule has 152 valence electrons. The van der Waals surface area contributed by atoms with Gasteiger partial charge in [-0.1, -0.05) is 36.4 Å². The first-order valence-electron chi connectivity index (χ1n) is 9.77. The highest BCUT2D eigenvalue weighted by Gasteiger charge is 2.25. The number of aromatic nitrogens is 1. The predicted octanol–water partition coefficient (Wildman–Crippen LogP) is 3.27. The Kier molecular flexibility index (Phi) is 6.54. The molecule has 3 aromatic rings. The summed E-state index contributed by atoms with van der Waals surface area (Å²) < 4.78 is 5.66. The minimum absolute atomic E-state index is 0.142. The summed E-state index contributed by atoms with van der Waals surface area (Å²) >= 11 is 0. The summed E-state index contributed by atoms with van der Waals surface area (Å²) in [5.74, 6) is 0.394. The maximum atomic E-state index is 13.2. The van der Waals surface area contributed by atoms with Crippen molar-refractivity contribution >= 4 is 22.7 Å². The average Bonchev–Trinajstić information content (AvgIpc) is 3.11. The predicted molar refractivity (Wildman–Crippen MR) is 114 cm³/mol. The van der Waals surface area contributed by atoms with E-state index in [-0.39, 0.29) is 11.8 Å². The third-order valence-electron chi connectivity index (χ3n) is 4.83. The van der Waals surface area contributed by atoms with Crippen LogP contribution in [0.15, 0.2) is 54.7 Å². The molecule has 2 N–H and O–H groups in total. The number of H-pyrrole nitrogens is 1. The molecule has 6 heteroatoms. The topological polar surface area (TPSA) is 74.4 Å². The second kappa shape index (κ2) is 9.28. The number of nitrogens with one attached hydrogen (secondary N) is 2. The van der Waals surface area contributed by atoms with Gasteiger partial charge in [0.2, 0.25) is 11.8 Å². The van der Waals surface area contributed by atoms with Crippen molar-refractivity contribution in [1.29, 1.82) is 0 Å². The number of hydrogen-bond donors (Lipinski definition) is 2. The molecule has 0 aliphatic carbocycles. The molecule has 1 aromatic heterocycles. The van der Waals surface area contributed by atoms with Crippen LogP contribution in [0.3, 0.4) is 0 Å². The van der Waals surface area contributed by atoms with Crippen molar-refractivity contribution in [2.24, 2.45) is 0 Å². The molecule has 0 aliphatic heterocycles. The first kappa shape index (κ1) is 20.5. The second-order valence-electron chi connectivity index (χ2n) is 7.05. The van der Waals surface area contributed by atoms with Gasteiger partial charge in [-0.05, 0) is 24.6 Å². The molecule has 0 fully saturated rings. The van der Waals surface area contributed by atoms with E-state index < -0.39 is 6.04 Å². The van der Waals surface area contributed by atoms with Gasteiger partial charge in [0.05, 0.1) is 6.61 Å². The fourth-order valence-corrected chi connectivity index (χ4v) is 3.50. The number of likely N-dealkylation sites (N-methyl/N-ethyl adjacent to an activating group) is 1. The summed E-state index contributed by atoms with van der Waals surface area (Å²) in [4.78, 5) is 29.8. The molecule has 0 aliphatic rings. The van der Waals surface area contributed by atoms with Gasteiger partial charge < -0.3 is 19.9 Å². The smallest absolute Gasteiger partial charge is 0.245 e. The van der Waals surface area contributed by atoms with Crippen molar-refractivity contribution in [2.45, 2.75) is 32.9 Å². The maximum absolute atomic E-state index is 13.2. The lowest BCUT2D eigenvalue weighted by molar-refractivity contribution is -0.135. The van der Waals surface area contributed by atoms with Crippen molar-refractivity contribution in [2.75, 3.05) is 13.7 Å². The SMILES string of the molecule is CCOc1ccccc1CN(C)C(=O)C(Cc1c[nH]c2ccccc12)NC(C)=O. The Morgan fingerprint density at radius 3 is 2.59 bits per heavy atom. The van der Waals surface area contributed by atoms with Crippen LogP contribution in [-0.4, -0.2) is 41.4 Å². The van der Waals surface area contributed by atoms with E-state index in [0.29, 0.717) is 19.6 Å². The Morgan fingerprint density at radius 1 is 1.10 bits per heavy atom. The molecule has 2 aromatic carbocycles. The summed E-state index contributed by atoms with van der Waals surface area (Å²) in [6.07, 6.45) is 2.32. The minimum Gasteiger partial charge on any atom is -0.494 e. The minimum atomic E-state index is -0.643. The summed E-state index contributed by atoms with van der Waals surface area (Å²) in [5, 5.41) is 3.87. The third kappa shape index (κ3) is 4.96. The van der Waals surface area contributed by atoms with E-state index >= 15 is 0 Å². The van der Waals surface area contributed by atoms with Crippen molar-refractivity contribution in [3.8, 4) is 5.75 Å². The molecule has 6 nitrogen and oxygen atoms in total. The van der Waals surface area contributed by atoms with Crippen LogP contribution in [0.5, 0.6) is 5.75 Å². The quantitative estimate of drug-likeness (QED) is 0.617. The molecule has 0 saturated carbocycles. The van der Waals surface area contributed by atoms with Crippen molar-refractivity contribution in [3.05, 3.63) is 65.9 Å². The molecule has 0 bridgehead atoms. The Hall–Kier alpha value is -3.28. The standard InChI is InChI=1S/C23H27N3O3/c1-4-29-22-12-8-5-9-17(22)15-26(3)23(28)21(25-16(2)27)13-18-14-24-20-11-7-6-10-19(18)20/h5-12,14,21,24H,4,13,15H2,1-3H3,(H,25,27).